The Balaban J connectivity index is 1.36. The van der Waals surface area contributed by atoms with Crippen molar-refractivity contribution in [2.75, 3.05) is 38.5 Å². The van der Waals surface area contributed by atoms with Gasteiger partial charge in [0.1, 0.15) is 0 Å². The number of hydrogen-bond donors (Lipinski definition) is 1. The molecule has 4 rings (SSSR count). The van der Waals surface area contributed by atoms with Crippen molar-refractivity contribution >= 4 is 35.0 Å². The molecule has 1 aromatic rings. The van der Waals surface area contributed by atoms with Crippen molar-refractivity contribution in [2.24, 2.45) is 11.8 Å². The van der Waals surface area contributed by atoms with E-state index >= 15 is 0 Å². The minimum Gasteiger partial charge on any atom is -0.345 e. The zero-order valence-corrected chi connectivity index (χ0v) is 21.4. The van der Waals surface area contributed by atoms with Crippen molar-refractivity contribution in [1.82, 2.24) is 14.7 Å². The van der Waals surface area contributed by atoms with Crippen molar-refractivity contribution in [3.05, 3.63) is 28.3 Å². The molecule has 2 saturated heterocycles. The van der Waals surface area contributed by atoms with Gasteiger partial charge in [-0.15, -0.1) is 0 Å². The van der Waals surface area contributed by atoms with Gasteiger partial charge in [-0.05, 0) is 55.9 Å². The van der Waals surface area contributed by atoms with Gasteiger partial charge in [-0.25, -0.2) is 0 Å². The Morgan fingerprint density at radius 1 is 1.15 bits per heavy atom. The van der Waals surface area contributed by atoms with Crippen LogP contribution in [0.25, 0.3) is 0 Å². The van der Waals surface area contributed by atoms with E-state index < -0.39 is 0 Å². The Labute approximate surface area is 207 Å². The second-order valence-electron chi connectivity index (χ2n) is 10.4. The summed E-state index contributed by atoms with van der Waals surface area (Å²) in [6.07, 6.45) is 5.18. The summed E-state index contributed by atoms with van der Waals surface area (Å²) in [6, 6.07) is 3.95. The van der Waals surface area contributed by atoms with Crippen molar-refractivity contribution in [2.45, 2.75) is 65.0 Å². The molecule has 3 aliphatic rings. The largest absolute Gasteiger partial charge is 0.345 e. The zero-order valence-electron chi connectivity index (χ0n) is 20.6. The van der Waals surface area contributed by atoms with Gasteiger partial charge in [0.25, 0.3) is 0 Å². The minimum atomic E-state index is -0.0860. The van der Waals surface area contributed by atoms with Gasteiger partial charge in [0.15, 0.2) is 0 Å². The van der Waals surface area contributed by atoms with E-state index in [2.05, 4.69) is 22.0 Å². The van der Waals surface area contributed by atoms with E-state index in [1.54, 1.807) is 18.0 Å². The average molecular weight is 489 g/mol. The molecule has 3 fully saturated rings. The lowest BCUT2D eigenvalue weighted by molar-refractivity contribution is -0.140. The lowest BCUT2D eigenvalue weighted by atomic mass is 10.0. The highest BCUT2D eigenvalue weighted by atomic mass is 35.5. The second kappa shape index (κ2) is 10.6. The predicted molar refractivity (Wildman–Crippen MR) is 134 cm³/mol. The highest BCUT2D eigenvalue weighted by molar-refractivity contribution is 6.31. The third-order valence-corrected chi connectivity index (χ3v) is 7.96. The van der Waals surface area contributed by atoms with Crippen LogP contribution in [0, 0.1) is 18.8 Å². The molecular formula is C26H37ClN4O3. The van der Waals surface area contributed by atoms with Gasteiger partial charge in [-0.3, -0.25) is 19.3 Å². The van der Waals surface area contributed by atoms with Crippen LogP contribution in [0.15, 0.2) is 12.1 Å². The summed E-state index contributed by atoms with van der Waals surface area (Å²) in [5.74, 6) is 0.624. The molecule has 0 spiro atoms. The van der Waals surface area contributed by atoms with E-state index in [-0.39, 0.29) is 29.7 Å². The first-order chi connectivity index (χ1) is 16.2. The van der Waals surface area contributed by atoms with Crippen LogP contribution in [0.1, 0.15) is 56.6 Å². The molecule has 2 unspecified atom stereocenters. The summed E-state index contributed by atoms with van der Waals surface area (Å²) < 4.78 is 0. The molecule has 1 saturated carbocycles. The normalized spacial score (nSPS) is 24.2. The van der Waals surface area contributed by atoms with E-state index in [9.17, 15) is 14.4 Å². The lowest BCUT2D eigenvalue weighted by Crippen LogP contribution is -2.54. The van der Waals surface area contributed by atoms with E-state index in [1.165, 1.54) is 12.8 Å². The number of rotatable bonds is 6. The fourth-order valence-corrected chi connectivity index (χ4v) is 5.98. The number of halogens is 1. The van der Waals surface area contributed by atoms with Crippen LogP contribution >= 0.6 is 11.6 Å². The number of carbonyl (C=O) groups excluding carboxylic acids is 3. The van der Waals surface area contributed by atoms with E-state index in [1.807, 2.05) is 13.0 Å². The minimum absolute atomic E-state index is 0.0567. The van der Waals surface area contributed by atoms with Crippen LogP contribution in [0.3, 0.4) is 0 Å². The SMILES string of the molecule is Cc1c(CN2CCN(C(=O)C3CCCC3)C(C)C2)cc(Cl)cc1NC(=O)CC1CC(=O)N(C)C1. The maximum Gasteiger partial charge on any atom is 0.226 e. The molecule has 34 heavy (non-hydrogen) atoms. The number of carbonyl (C=O) groups is 3. The molecule has 0 bridgehead atoms. The van der Waals surface area contributed by atoms with Crippen molar-refractivity contribution < 1.29 is 14.4 Å². The zero-order chi connectivity index (χ0) is 24.4. The van der Waals surface area contributed by atoms with Crippen LogP contribution in [0.2, 0.25) is 5.02 Å². The van der Waals surface area contributed by atoms with Crippen molar-refractivity contribution in [3.63, 3.8) is 0 Å². The third kappa shape index (κ3) is 5.74. The van der Waals surface area contributed by atoms with E-state index in [0.717, 1.165) is 55.8 Å². The van der Waals surface area contributed by atoms with Crippen LogP contribution in [-0.2, 0) is 20.9 Å². The maximum absolute atomic E-state index is 12.9. The summed E-state index contributed by atoms with van der Waals surface area (Å²) in [5.41, 5.74) is 2.82. The van der Waals surface area contributed by atoms with Crippen LogP contribution < -0.4 is 5.32 Å². The number of nitrogens with one attached hydrogen (secondary N) is 1. The number of anilines is 1. The third-order valence-electron chi connectivity index (χ3n) is 7.74. The fourth-order valence-electron chi connectivity index (χ4n) is 5.74. The van der Waals surface area contributed by atoms with Crippen LogP contribution in [-0.4, -0.2) is 71.7 Å². The molecule has 1 N–H and O–H groups in total. The van der Waals surface area contributed by atoms with Gasteiger partial charge in [0.2, 0.25) is 17.7 Å². The number of benzene rings is 1. The first-order valence-electron chi connectivity index (χ1n) is 12.6. The number of hydrogen-bond acceptors (Lipinski definition) is 4. The predicted octanol–water partition coefficient (Wildman–Crippen LogP) is 3.68. The number of nitrogens with zero attached hydrogens (tertiary/aromatic N) is 3. The fraction of sp³-hybridized carbons (Fsp3) is 0.654. The quantitative estimate of drug-likeness (QED) is 0.663. The molecule has 1 aliphatic carbocycles. The Kier molecular flexibility index (Phi) is 7.83. The Bertz CT molecular complexity index is 946. The van der Waals surface area contributed by atoms with Crippen LogP contribution in [0.4, 0.5) is 5.69 Å². The van der Waals surface area contributed by atoms with Gasteiger partial charge in [-0.2, -0.15) is 0 Å². The lowest BCUT2D eigenvalue weighted by Gasteiger charge is -2.41. The molecule has 2 aliphatic heterocycles. The first kappa shape index (κ1) is 25.0. The Morgan fingerprint density at radius 3 is 2.53 bits per heavy atom. The number of amides is 3. The van der Waals surface area contributed by atoms with E-state index in [4.69, 9.17) is 11.6 Å². The summed E-state index contributed by atoms with van der Waals surface area (Å²) in [5, 5.41) is 3.62. The topological polar surface area (TPSA) is 73.0 Å². The summed E-state index contributed by atoms with van der Waals surface area (Å²) >= 11 is 6.42. The summed E-state index contributed by atoms with van der Waals surface area (Å²) in [6.45, 7) is 7.92. The van der Waals surface area contributed by atoms with Crippen molar-refractivity contribution in [3.8, 4) is 0 Å². The van der Waals surface area contributed by atoms with Gasteiger partial charge >= 0.3 is 0 Å². The van der Waals surface area contributed by atoms with Gasteiger partial charge in [0, 0.05) is 75.3 Å². The molecule has 186 valence electrons. The molecule has 2 heterocycles. The Hall–Kier alpha value is -2.12. The highest BCUT2D eigenvalue weighted by Gasteiger charge is 2.33. The smallest absolute Gasteiger partial charge is 0.226 e. The standard InChI is InChI=1S/C26H37ClN4O3/c1-17-14-30(8-9-31(17)26(34)20-6-4-5-7-20)16-21-12-22(27)13-23(18(21)2)28-24(32)10-19-11-25(33)29(3)15-19/h12-13,17,19-20H,4-11,14-16H2,1-3H3,(H,28,32). The summed E-state index contributed by atoms with van der Waals surface area (Å²) in [7, 11) is 1.78. The molecular weight excluding hydrogens is 452 g/mol. The second-order valence-corrected chi connectivity index (χ2v) is 10.9. The molecule has 8 heteroatoms. The average Bonchev–Trinajstić information content (AvgIpc) is 3.41. The first-order valence-corrected chi connectivity index (χ1v) is 12.9. The van der Waals surface area contributed by atoms with Gasteiger partial charge < -0.3 is 15.1 Å². The molecule has 0 radical (unpaired) electrons. The number of piperazine rings is 1. The highest BCUT2D eigenvalue weighted by Crippen LogP contribution is 2.30. The molecule has 7 nitrogen and oxygen atoms in total. The summed E-state index contributed by atoms with van der Waals surface area (Å²) in [4.78, 5) is 43.5. The van der Waals surface area contributed by atoms with E-state index in [0.29, 0.717) is 30.3 Å². The number of likely N-dealkylation sites (tertiary alicyclic amines) is 1. The van der Waals surface area contributed by atoms with Crippen molar-refractivity contribution in [1.29, 1.82) is 0 Å². The van der Waals surface area contributed by atoms with Gasteiger partial charge in [-0.1, -0.05) is 24.4 Å². The maximum atomic E-state index is 12.9. The molecule has 3 amide bonds. The Morgan fingerprint density at radius 2 is 1.88 bits per heavy atom. The molecule has 1 aromatic carbocycles. The monoisotopic (exact) mass is 488 g/mol. The molecule has 2 atom stereocenters. The molecule has 0 aromatic heterocycles. The van der Waals surface area contributed by atoms with Crippen LogP contribution in [0.5, 0.6) is 0 Å². The van der Waals surface area contributed by atoms with Gasteiger partial charge in [0.05, 0.1) is 0 Å².